The number of halogens is 1. The topological polar surface area (TPSA) is 85.0 Å². The molecule has 132 valence electrons. The summed E-state index contributed by atoms with van der Waals surface area (Å²) in [6.07, 6.45) is 5.23. The van der Waals surface area contributed by atoms with E-state index in [0.717, 1.165) is 31.2 Å². The molecule has 25 heavy (non-hydrogen) atoms. The van der Waals surface area contributed by atoms with Crippen LogP contribution in [0.25, 0.3) is 11.0 Å². The van der Waals surface area contributed by atoms with E-state index in [-0.39, 0.29) is 24.2 Å². The zero-order valence-corrected chi connectivity index (χ0v) is 13.9. The van der Waals surface area contributed by atoms with Crippen LogP contribution in [0, 0.1) is 11.3 Å². The van der Waals surface area contributed by atoms with Crippen molar-refractivity contribution in [3.63, 3.8) is 0 Å². The molecule has 1 aliphatic heterocycles. The molecular weight excluding hydrogens is 325 g/mol. The Morgan fingerprint density at radius 1 is 1.36 bits per heavy atom. The maximum Gasteiger partial charge on any atom is 0.213 e. The molecule has 8 heteroatoms. The van der Waals surface area contributed by atoms with Crippen molar-refractivity contribution in [3.8, 4) is 6.07 Å². The van der Waals surface area contributed by atoms with E-state index in [1.165, 1.54) is 0 Å². The number of hydrogen-bond donors (Lipinski definition) is 1. The normalized spacial score (nSPS) is 20.2. The molecule has 1 saturated carbocycles. The molecule has 0 amide bonds. The smallest absolute Gasteiger partial charge is 0.213 e. The van der Waals surface area contributed by atoms with Gasteiger partial charge in [-0.3, -0.25) is 0 Å². The third-order valence-electron chi connectivity index (χ3n) is 4.96. The van der Waals surface area contributed by atoms with Gasteiger partial charge in [0.2, 0.25) is 5.82 Å². The van der Waals surface area contributed by atoms with Crippen molar-refractivity contribution in [3.05, 3.63) is 18.1 Å². The zero-order chi connectivity index (χ0) is 17.3. The van der Waals surface area contributed by atoms with Crippen molar-refractivity contribution in [2.45, 2.75) is 44.1 Å². The van der Waals surface area contributed by atoms with Gasteiger partial charge >= 0.3 is 0 Å². The number of nitrogens with zero attached hydrogens (tertiary/aromatic N) is 4. The zero-order valence-electron chi connectivity index (χ0n) is 13.9. The number of fused-ring (bicyclic) bond motifs is 1. The lowest BCUT2D eigenvalue weighted by Crippen LogP contribution is -2.39. The van der Waals surface area contributed by atoms with Crippen molar-refractivity contribution in [1.82, 2.24) is 14.5 Å². The van der Waals surface area contributed by atoms with E-state index >= 15 is 0 Å². The molecule has 1 N–H and O–H groups in total. The van der Waals surface area contributed by atoms with Gasteiger partial charge in [-0.05, 0) is 12.8 Å². The molecular formula is C17H20FN5O2. The van der Waals surface area contributed by atoms with Gasteiger partial charge in [0.15, 0.2) is 5.79 Å². The van der Waals surface area contributed by atoms with E-state index in [1.807, 2.05) is 12.1 Å². The van der Waals surface area contributed by atoms with E-state index < -0.39 is 6.67 Å². The fourth-order valence-corrected chi connectivity index (χ4v) is 3.70. The fourth-order valence-electron chi connectivity index (χ4n) is 3.70. The lowest BCUT2D eigenvalue weighted by Gasteiger charge is -2.35. The number of aromatic nitrogens is 3. The Labute approximate surface area is 144 Å². The minimum absolute atomic E-state index is 0.115. The van der Waals surface area contributed by atoms with Crippen molar-refractivity contribution in [1.29, 1.82) is 5.26 Å². The van der Waals surface area contributed by atoms with Gasteiger partial charge in [-0.15, -0.1) is 0 Å². The second-order valence-electron chi connectivity index (χ2n) is 6.47. The van der Waals surface area contributed by atoms with Crippen LogP contribution in [-0.4, -0.2) is 46.3 Å². The van der Waals surface area contributed by atoms with Gasteiger partial charge in [0.25, 0.3) is 0 Å². The average molecular weight is 345 g/mol. The number of hydrogen-bond acceptors (Lipinski definition) is 6. The minimum atomic E-state index is -0.546. The van der Waals surface area contributed by atoms with Crippen LogP contribution in [0.4, 0.5) is 10.2 Å². The van der Waals surface area contributed by atoms with Gasteiger partial charge in [0.1, 0.15) is 24.1 Å². The summed E-state index contributed by atoms with van der Waals surface area (Å²) in [5.41, 5.74) is 1.33. The first kappa shape index (κ1) is 16.2. The Morgan fingerprint density at radius 2 is 2.12 bits per heavy atom. The standard InChI is InChI=1S/C17H20FN5O2/c18-5-6-23-14-9-15(20-11-13(14)22-16(23)10-19)21-12-1-3-17(4-2-12)24-7-8-25-17/h9,11-12H,1-8H2,(H,20,21). The van der Waals surface area contributed by atoms with Crippen LogP contribution < -0.4 is 5.32 Å². The van der Waals surface area contributed by atoms with Gasteiger partial charge in [-0.2, -0.15) is 5.26 Å². The fraction of sp³-hybridized carbons (Fsp3) is 0.588. The molecule has 3 heterocycles. The number of rotatable bonds is 4. The number of nitrogens with one attached hydrogen (secondary N) is 1. The molecule has 2 aromatic rings. The largest absolute Gasteiger partial charge is 0.367 e. The number of nitriles is 1. The molecule has 1 saturated heterocycles. The predicted octanol–water partition coefficient (Wildman–Crippen LogP) is 2.37. The van der Waals surface area contributed by atoms with E-state index in [1.54, 1.807) is 10.8 Å². The van der Waals surface area contributed by atoms with Crippen LogP contribution in [0.1, 0.15) is 31.5 Å². The highest BCUT2D eigenvalue weighted by Crippen LogP contribution is 2.36. The summed E-state index contributed by atoms with van der Waals surface area (Å²) in [4.78, 5) is 8.58. The molecule has 2 aromatic heterocycles. The molecule has 2 aliphatic rings. The van der Waals surface area contributed by atoms with Crippen LogP contribution >= 0.6 is 0 Å². The van der Waals surface area contributed by atoms with Crippen molar-refractivity contribution in [2.75, 3.05) is 25.2 Å². The maximum absolute atomic E-state index is 12.8. The van der Waals surface area contributed by atoms with Crippen molar-refractivity contribution >= 4 is 16.9 Å². The minimum Gasteiger partial charge on any atom is -0.367 e. The summed E-state index contributed by atoms with van der Waals surface area (Å²) >= 11 is 0. The molecule has 0 atom stereocenters. The molecule has 0 unspecified atom stereocenters. The average Bonchev–Trinajstić information content (AvgIpc) is 3.23. The van der Waals surface area contributed by atoms with E-state index in [0.29, 0.717) is 24.5 Å². The quantitative estimate of drug-likeness (QED) is 0.916. The Morgan fingerprint density at radius 3 is 2.80 bits per heavy atom. The van der Waals surface area contributed by atoms with Crippen LogP contribution in [0.2, 0.25) is 0 Å². The van der Waals surface area contributed by atoms with Gasteiger partial charge in [-0.1, -0.05) is 0 Å². The molecule has 2 fully saturated rings. The molecule has 0 radical (unpaired) electrons. The van der Waals surface area contributed by atoms with Crippen LogP contribution in [0.15, 0.2) is 12.3 Å². The van der Waals surface area contributed by atoms with Gasteiger partial charge in [0, 0.05) is 24.9 Å². The molecule has 0 aromatic carbocycles. The van der Waals surface area contributed by atoms with Crippen LogP contribution in [-0.2, 0) is 16.0 Å². The SMILES string of the molecule is N#Cc1nc2cnc(NC3CCC4(CC3)OCCO4)cc2n1CCF. The maximum atomic E-state index is 12.8. The van der Waals surface area contributed by atoms with E-state index in [2.05, 4.69) is 15.3 Å². The molecule has 1 aliphatic carbocycles. The number of alkyl halides is 1. The highest BCUT2D eigenvalue weighted by atomic mass is 19.1. The highest BCUT2D eigenvalue weighted by molar-refractivity contribution is 5.78. The lowest BCUT2D eigenvalue weighted by molar-refractivity contribution is -0.177. The van der Waals surface area contributed by atoms with Gasteiger partial charge < -0.3 is 19.4 Å². The number of ether oxygens (including phenoxy) is 2. The van der Waals surface area contributed by atoms with E-state index in [4.69, 9.17) is 14.7 Å². The Bertz CT molecular complexity index is 799. The third-order valence-corrected chi connectivity index (χ3v) is 4.96. The second-order valence-corrected chi connectivity index (χ2v) is 6.47. The Hall–Kier alpha value is -2.24. The summed E-state index contributed by atoms with van der Waals surface area (Å²) < 4.78 is 25.9. The second kappa shape index (κ2) is 6.58. The summed E-state index contributed by atoms with van der Waals surface area (Å²) in [5, 5.41) is 12.6. The summed E-state index contributed by atoms with van der Waals surface area (Å²) in [7, 11) is 0. The number of pyridine rings is 1. The van der Waals surface area contributed by atoms with Gasteiger partial charge in [0.05, 0.1) is 31.5 Å². The van der Waals surface area contributed by atoms with Gasteiger partial charge in [-0.25, -0.2) is 14.4 Å². The first-order chi connectivity index (χ1) is 12.2. The first-order valence-electron chi connectivity index (χ1n) is 8.60. The van der Waals surface area contributed by atoms with E-state index in [9.17, 15) is 4.39 Å². The first-order valence-corrected chi connectivity index (χ1v) is 8.60. The predicted molar refractivity (Wildman–Crippen MR) is 88.7 cm³/mol. The third kappa shape index (κ3) is 3.05. The van der Waals surface area contributed by atoms with Crippen LogP contribution in [0.5, 0.6) is 0 Å². The highest BCUT2D eigenvalue weighted by Gasteiger charge is 2.40. The molecule has 4 rings (SSSR count). The number of aryl methyl sites for hydroxylation is 1. The molecule has 1 spiro atoms. The summed E-state index contributed by atoms with van der Waals surface area (Å²) in [6, 6.07) is 4.14. The monoisotopic (exact) mass is 345 g/mol. The van der Waals surface area contributed by atoms with Crippen LogP contribution in [0.3, 0.4) is 0 Å². The van der Waals surface area contributed by atoms with Crippen molar-refractivity contribution in [2.24, 2.45) is 0 Å². The molecule has 7 nitrogen and oxygen atoms in total. The summed E-state index contributed by atoms with van der Waals surface area (Å²) in [5.74, 6) is 0.546. The Kier molecular flexibility index (Phi) is 4.27. The molecule has 0 bridgehead atoms. The Balaban J connectivity index is 1.50. The van der Waals surface area contributed by atoms with Crippen molar-refractivity contribution < 1.29 is 13.9 Å². The number of anilines is 1. The summed E-state index contributed by atoms with van der Waals surface area (Å²) in [6.45, 7) is 0.922. The lowest BCUT2D eigenvalue weighted by atomic mass is 9.90. The number of imidazole rings is 1.